The lowest BCUT2D eigenvalue weighted by Crippen LogP contribution is -2.12. The third-order valence-electron chi connectivity index (χ3n) is 1.83. The molecule has 0 spiro atoms. The van der Waals surface area contributed by atoms with Crippen LogP contribution in [0.15, 0.2) is 18.2 Å². The first-order valence-corrected chi connectivity index (χ1v) is 5.26. The number of nitrogen functional groups attached to an aromatic ring is 1. The lowest BCUT2D eigenvalue weighted by Gasteiger charge is -2.08. The maximum atomic E-state index is 5.52. The van der Waals surface area contributed by atoms with Gasteiger partial charge in [-0.2, -0.15) is 9.97 Å². The van der Waals surface area contributed by atoms with Crippen molar-refractivity contribution in [1.29, 1.82) is 0 Å². The minimum absolute atomic E-state index is 0.176. The Morgan fingerprint density at radius 1 is 1.53 bits per heavy atom. The number of methoxy groups -OCH3 is 1. The van der Waals surface area contributed by atoms with E-state index in [0.29, 0.717) is 31.5 Å². The van der Waals surface area contributed by atoms with Gasteiger partial charge >= 0.3 is 0 Å². The molecule has 0 radical (unpaired) electrons. The van der Waals surface area contributed by atoms with Crippen LogP contribution in [0.5, 0.6) is 5.88 Å². The van der Waals surface area contributed by atoms with E-state index in [0.717, 1.165) is 5.57 Å². The first-order valence-electron chi connectivity index (χ1n) is 5.26. The topological polar surface area (TPSA) is 82.3 Å². The number of aromatic nitrogens is 2. The summed E-state index contributed by atoms with van der Waals surface area (Å²) in [5.41, 5.74) is 6.52. The molecule has 6 heteroatoms. The van der Waals surface area contributed by atoms with Crippen LogP contribution in [-0.4, -0.2) is 36.8 Å². The van der Waals surface area contributed by atoms with Gasteiger partial charge in [-0.1, -0.05) is 12.2 Å². The van der Waals surface area contributed by atoms with Crippen LogP contribution in [0.4, 0.5) is 11.8 Å². The summed E-state index contributed by atoms with van der Waals surface area (Å²) in [7, 11) is 1.53. The molecule has 0 aliphatic rings. The van der Waals surface area contributed by atoms with Gasteiger partial charge in [0, 0.05) is 12.6 Å². The number of hydrogen-bond acceptors (Lipinski definition) is 6. The van der Waals surface area contributed by atoms with Crippen molar-refractivity contribution >= 4 is 11.8 Å². The molecule has 0 aliphatic carbocycles. The predicted molar refractivity (Wildman–Crippen MR) is 67.1 cm³/mol. The first-order chi connectivity index (χ1) is 8.11. The average molecular weight is 238 g/mol. The number of rotatable bonds is 7. The van der Waals surface area contributed by atoms with Gasteiger partial charge in [0.15, 0.2) is 0 Å². The van der Waals surface area contributed by atoms with E-state index in [1.165, 1.54) is 7.11 Å². The van der Waals surface area contributed by atoms with Gasteiger partial charge < -0.3 is 20.5 Å². The molecule has 0 saturated carbocycles. The molecule has 1 heterocycles. The van der Waals surface area contributed by atoms with E-state index in [1.807, 2.05) is 6.92 Å². The molecule has 0 fully saturated rings. The van der Waals surface area contributed by atoms with Crippen LogP contribution in [0.1, 0.15) is 6.92 Å². The summed E-state index contributed by atoms with van der Waals surface area (Å²) in [6.07, 6.45) is 0. The highest BCUT2D eigenvalue weighted by molar-refractivity contribution is 5.42. The zero-order valence-electron chi connectivity index (χ0n) is 10.2. The summed E-state index contributed by atoms with van der Waals surface area (Å²) in [4.78, 5) is 7.90. The van der Waals surface area contributed by atoms with Crippen LogP contribution in [-0.2, 0) is 4.74 Å². The van der Waals surface area contributed by atoms with E-state index in [9.17, 15) is 0 Å². The summed E-state index contributed by atoms with van der Waals surface area (Å²) >= 11 is 0. The molecule has 1 rings (SSSR count). The molecule has 6 nitrogen and oxygen atoms in total. The van der Waals surface area contributed by atoms with Gasteiger partial charge in [-0.3, -0.25) is 0 Å². The summed E-state index contributed by atoms with van der Waals surface area (Å²) < 4.78 is 10.3. The van der Waals surface area contributed by atoms with E-state index in [1.54, 1.807) is 6.07 Å². The monoisotopic (exact) mass is 238 g/mol. The Bertz CT molecular complexity index is 382. The fourth-order valence-electron chi connectivity index (χ4n) is 1.14. The molecule has 0 amide bonds. The number of nitrogens with one attached hydrogen (secondary N) is 1. The van der Waals surface area contributed by atoms with Gasteiger partial charge in [0.25, 0.3) is 0 Å². The fraction of sp³-hybridized carbons (Fsp3) is 0.455. The lowest BCUT2D eigenvalue weighted by atomic mass is 10.4. The molecular weight excluding hydrogens is 220 g/mol. The Labute approximate surface area is 101 Å². The van der Waals surface area contributed by atoms with Crippen molar-refractivity contribution in [3.63, 3.8) is 0 Å². The van der Waals surface area contributed by atoms with Crippen molar-refractivity contribution in [1.82, 2.24) is 9.97 Å². The molecule has 0 atom stereocenters. The van der Waals surface area contributed by atoms with Crippen LogP contribution >= 0.6 is 0 Å². The van der Waals surface area contributed by atoms with Crippen LogP contribution in [0.2, 0.25) is 0 Å². The normalized spacial score (nSPS) is 10.0. The number of anilines is 2. The van der Waals surface area contributed by atoms with Crippen molar-refractivity contribution < 1.29 is 9.47 Å². The number of ether oxygens (including phenoxy) is 2. The summed E-state index contributed by atoms with van der Waals surface area (Å²) in [5, 5.41) is 3.07. The van der Waals surface area contributed by atoms with Crippen molar-refractivity contribution in [2.75, 3.05) is 37.9 Å². The number of hydrogen-bond donors (Lipinski definition) is 2. The van der Waals surface area contributed by atoms with E-state index in [2.05, 4.69) is 21.9 Å². The quantitative estimate of drug-likeness (QED) is 0.546. The van der Waals surface area contributed by atoms with E-state index >= 15 is 0 Å². The molecule has 0 aliphatic heterocycles. The summed E-state index contributed by atoms with van der Waals surface area (Å²) in [6.45, 7) is 7.43. The molecule has 0 bridgehead atoms. The van der Waals surface area contributed by atoms with E-state index in [4.69, 9.17) is 15.2 Å². The second-order valence-corrected chi connectivity index (χ2v) is 3.59. The maximum absolute atomic E-state index is 5.52. The second-order valence-electron chi connectivity index (χ2n) is 3.59. The highest BCUT2D eigenvalue weighted by Crippen LogP contribution is 2.13. The van der Waals surface area contributed by atoms with Gasteiger partial charge in [0.05, 0.1) is 20.3 Å². The smallest absolute Gasteiger partial charge is 0.225 e. The van der Waals surface area contributed by atoms with Crippen molar-refractivity contribution in [3.8, 4) is 5.88 Å². The van der Waals surface area contributed by atoms with Crippen molar-refractivity contribution in [3.05, 3.63) is 18.2 Å². The minimum Gasteiger partial charge on any atom is -0.481 e. The minimum atomic E-state index is 0.176. The number of nitrogens with two attached hydrogens (primary N) is 1. The summed E-state index contributed by atoms with van der Waals surface area (Å²) in [6, 6.07) is 1.68. The molecule has 1 aromatic rings. The van der Waals surface area contributed by atoms with E-state index in [-0.39, 0.29) is 5.95 Å². The molecule has 94 valence electrons. The standard InChI is InChI=1S/C11H18N4O2/c1-8(2)7-17-5-4-13-9-6-10(16-3)15-11(12)14-9/h6H,1,4-5,7H2,2-3H3,(H3,12,13,14,15). The van der Waals surface area contributed by atoms with Gasteiger partial charge in [-0.15, -0.1) is 0 Å². The highest BCUT2D eigenvalue weighted by Gasteiger charge is 2.01. The SMILES string of the molecule is C=C(C)COCCNc1cc(OC)nc(N)n1. The zero-order chi connectivity index (χ0) is 12.7. The first kappa shape index (κ1) is 13.2. The third kappa shape index (κ3) is 5.17. The van der Waals surface area contributed by atoms with Crippen LogP contribution in [0.3, 0.4) is 0 Å². The van der Waals surface area contributed by atoms with Gasteiger partial charge in [-0.05, 0) is 6.92 Å². The molecule has 0 unspecified atom stereocenters. The molecule has 17 heavy (non-hydrogen) atoms. The molecule has 3 N–H and O–H groups in total. The fourth-order valence-corrected chi connectivity index (χ4v) is 1.14. The molecule has 1 aromatic heterocycles. The molecular formula is C11H18N4O2. The Kier molecular flexibility index (Phi) is 5.22. The Hall–Kier alpha value is -1.82. The Balaban J connectivity index is 2.36. The van der Waals surface area contributed by atoms with E-state index < -0.39 is 0 Å². The van der Waals surface area contributed by atoms with Gasteiger partial charge in [0.2, 0.25) is 11.8 Å². The van der Waals surface area contributed by atoms with Crippen molar-refractivity contribution in [2.45, 2.75) is 6.92 Å². The second kappa shape index (κ2) is 6.70. The average Bonchev–Trinajstić information content (AvgIpc) is 2.27. The van der Waals surface area contributed by atoms with Crippen LogP contribution < -0.4 is 15.8 Å². The maximum Gasteiger partial charge on any atom is 0.225 e. The Morgan fingerprint density at radius 2 is 2.29 bits per heavy atom. The summed E-state index contributed by atoms with van der Waals surface area (Å²) in [5.74, 6) is 1.23. The predicted octanol–water partition coefficient (Wildman–Crippen LogP) is 1.07. The third-order valence-corrected chi connectivity index (χ3v) is 1.83. The largest absolute Gasteiger partial charge is 0.481 e. The van der Waals surface area contributed by atoms with Crippen LogP contribution in [0, 0.1) is 0 Å². The lowest BCUT2D eigenvalue weighted by molar-refractivity contribution is 0.167. The zero-order valence-corrected chi connectivity index (χ0v) is 10.2. The van der Waals surface area contributed by atoms with Crippen LogP contribution in [0.25, 0.3) is 0 Å². The number of nitrogens with zero attached hydrogens (tertiary/aromatic N) is 2. The highest BCUT2D eigenvalue weighted by atomic mass is 16.5. The molecule has 0 aromatic carbocycles. The van der Waals surface area contributed by atoms with Crippen molar-refractivity contribution in [2.24, 2.45) is 0 Å². The van der Waals surface area contributed by atoms with Gasteiger partial charge in [0.1, 0.15) is 5.82 Å². The molecule has 0 saturated heterocycles. The van der Waals surface area contributed by atoms with Gasteiger partial charge in [-0.25, -0.2) is 0 Å². The Morgan fingerprint density at radius 3 is 2.94 bits per heavy atom.